The molecule has 0 spiro atoms. The third-order valence-electron chi connectivity index (χ3n) is 3.51. The van der Waals surface area contributed by atoms with E-state index in [0.29, 0.717) is 12.2 Å². The molecule has 1 aromatic heterocycles. The maximum Gasteiger partial charge on any atom is 0.345 e. The quantitative estimate of drug-likeness (QED) is 0.842. The van der Waals surface area contributed by atoms with E-state index in [1.165, 1.54) is 11.5 Å². The van der Waals surface area contributed by atoms with Crippen molar-refractivity contribution in [1.29, 1.82) is 0 Å². The highest BCUT2D eigenvalue weighted by Gasteiger charge is 2.36. The van der Waals surface area contributed by atoms with E-state index in [9.17, 15) is 4.79 Å². The van der Waals surface area contributed by atoms with Crippen molar-refractivity contribution < 1.29 is 14.3 Å². The molecule has 2 unspecified atom stereocenters. The zero-order valence-corrected chi connectivity index (χ0v) is 11.6. The highest BCUT2D eigenvalue weighted by atomic mass is 32.1. The van der Waals surface area contributed by atoms with Crippen LogP contribution in [0.4, 0.5) is 10.8 Å². The Morgan fingerprint density at radius 1 is 1.53 bits per heavy atom. The Kier molecular flexibility index (Phi) is 3.32. The third-order valence-corrected chi connectivity index (χ3v) is 4.43. The summed E-state index contributed by atoms with van der Waals surface area (Å²) in [5, 5.41) is 0.816. The van der Waals surface area contributed by atoms with E-state index in [1.807, 2.05) is 0 Å². The largest absolute Gasteiger partial charge is 0.462 e. The maximum atomic E-state index is 12.0. The van der Waals surface area contributed by atoms with Gasteiger partial charge in [-0.1, -0.05) is 0 Å². The Labute approximate surface area is 115 Å². The van der Waals surface area contributed by atoms with E-state index >= 15 is 0 Å². The Morgan fingerprint density at radius 2 is 2.21 bits per heavy atom. The van der Waals surface area contributed by atoms with E-state index in [2.05, 4.69) is 9.27 Å². The van der Waals surface area contributed by atoms with Gasteiger partial charge in [-0.3, -0.25) is 0 Å². The number of aromatic nitrogens is 1. The number of nitrogens with two attached hydrogens (primary N) is 1. The van der Waals surface area contributed by atoms with Crippen molar-refractivity contribution in [2.45, 2.75) is 32.0 Å². The first-order valence-electron chi connectivity index (χ1n) is 6.51. The maximum absolute atomic E-state index is 12.0. The van der Waals surface area contributed by atoms with Crippen LogP contribution < -0.4 is 10.6 Å². The fourth-order valence-corrected chi connectivity index (χ4v) is 3.50. The van der Waals surface area contributed by atoms with Crippen LogP contribution in [0.25, 0.3) is 0 Å². The summed E-state index contributed by atoms with van der Waals surface area (Å²) in [7, 11) is 0. The molecule has 2 aliphatic heterocycles. The molecule has 3 heterocycles. The number of morpholine rings is 1. The lowest BCUT2D eigenvalue weighted by Gasteiger charge is -2.32. The third kappa shape index (κ3) is 2.28. The van der Waals surface area contributed by atoms with Gasteiger partial charge in [0.1, 0.15) is 10.6 Å². The van der Waals surface area contributed by atoms with Crippen molar-refractivity contribution >= 4 is 28.3 Å². The number of nitrogens with zero attached hydrogens (tertiary/aromatic N) is 2. The monoisotopic (exact) mass is 283 g/mol. The van der Waals surface area contributed by atoms with E-state index < -0.39 is 0 Å². The number of carbonyl (C=O) groups excluding carboxylic acids is 1. The number of nitrogen functional groups attached to an aromatic ring is 1. The molecule has 2 aliphatic rings. The van der Waals surface area contributed by atoms with Gasteiger partial charge >= 0.3 is 5.97 Å². The average molecular weight is 283 g/mol. The second-order valence-electron chi connectivity index (χ2n) is 4.83. The first-order valence-corrected chi connectivity index (χ1v) is 7.29. The van der Waals surface area contributed by atoms with E-state index in [0.717, 1.165) is 30.9 Å². The Morgan fingerprint density at radius 3 is 2.84 bits per heavy atom. The second-order valence-corrected chi connectivity index (χ2v) is 5.58. The second kappa shape index (κ2) is 4.97. The lowest BCUT2D eigenvalue weighted by Crippen LogP contribution is -2.42. The van der Waals surface area contributed by atoms with Crippen LogP contribution >= 0.6 is 11.5 Å². The first-order chi connectivity index (χ1) is 9.19. The molecular weight excluding hydrogens is 266 g/mol. The number of anilines is 2. The van der Waals surface area contributed by atoms with Crippen LogP contribution in [0, 0.1) is 0 Å². The van der Waals surface area contributed by atoms with E-state index in [4.69, 9.17) is 15.2 Å². The minimum atomic E-state index is -0.386. The molecule has 19 heavy (non-hydrogen) atoms. The highest BCUT2D eigenvalue weighted by molar-refractivity contribution is 7.11. The summed E-state index contributed by atoms with van der Waals surface area (Å²) >= 11 is 1.26. The Bertz CT molecular complexity index is 479. The normalized spacial score (nSPS) is 25.6. The van der Waals surface area contributed by atoms with E-state index in [-0.39, 0.29) is 24.0 Å². The lowest BCUT2D eigenvalue weighted by atomic mass is 10.2. The van der Waals surface area contributed by atoms with E-state index in [1.54, 1.807) is 6.92 Å². The molecule has 0 saturated carbocycles. The SMILES string of the molecule is CCOC(=O)c1c(N)nsc1N1CC2CCC(C1)O2. The van der Waals surface area contributed by atoms with Crippen LogP contribution in [0.1, 0.15) is 30.1 Å². The molecule has 2 fully saturated rings. The van der Waals surface area contributed by atoms with Gasteiger partial charge in [-0.25, -0.2) is 4.79 Å². The zero-order chi connectivity index (χ0) is 13.4. The van der Waals surface area contributed by atoms with Crippen molar-refractivity contribution in [1.82, 2.24) is 4.37 Å². The van der Waals surface area contributed by atoms with Gasteiger partial charge in [0.25, 0.3) is 0 Å². The fourth-order valence-electron chi connectivity index (χ4n) is 2.68. The molecule has 0 radical (unpaired) electrons. The lowest BCUT2D eigenvalue weighted by molar-refractivity contribution is 0.0304. The summed E-state index contributed by atoms with van der Waals surface area (Å²) < 4.78 is 15.0. The van der Waals surface area contributed by atoms with Gasteiger partial charge in [-0.05, 0) is 31.3 Å². The van der Waals surface area contributed by atoms with Gasteiger partial charge in [0.15, 0.2) is 5.82 Å². The smallest absolute Gasteiger partial charge is 0.345 e. The molecule has 2 bridgehead atoms. The molecule has 1 aromatic rings. The average Bonchev–Trinajstić information content (AvgIpc) is 2.93. The summed E-state index contributed by atoms with van der Waals surface area (Å²) in [6.07, 6.45) is 2.70. The molecule has 2 atom stereocenters. The summed E-state index contributed by atoms with van der Waals surface area (Å²) in [6, 6.07) is 0. The Balaban J connectivity index is 1.86. The van der Waals surface area contributed by atoms with Crippen LogP contribution in [-0.4, -0.2) is 42.2 Å². The van der Waals surface area contributed by atoms with Crippen LogP contribution in [0.3, 0.4) is 0 Å². The summed E-state index contributed by atoms with van der Waals surface area (Å²) in [5.41, 5.74) is 6.22. The van der Waals surface area contributed by atoms with Crippen LogP contribution in [0.15, 0.2) is 0 Å². The van der Waals surface area contributed by atoms with Crippen molar-refractivity contribution in [3.05, 3.63) is 5.56 Å². The van der Waals surface area contributed by atoms with Gasteiger partial charge in [-0.2, -0.15) is 4.37 Å². The number of ether oxygens (including phenoxy) is 2. The molecule has 0 aliphatic carbocycles. The molecule has 0 aromatic carbocycles. The molecule has 3 rings (SSSR count). The van der Waals surface area contributed by atoms with Crippen molar-refractivity contribution in [3.63, 3.8) is 0 Å². The topological polar surface area (TPSA) is 77.7 Å². The van der Waals surface area contributed by atoms with Crippen LogP contribution in [0.2, 0.25) is 0 Å². The predicted octanol–water partition coefficient (Wildman–Crippen LogP) is 1.27. The van der Waals surface area contributed by atoms with Gasteiger partial charge in [0.2, 0.25) is 0 Å². The molecule has 0 amide bonds. The van der Waals surface area contributed by atoms with Gasteiger partial charge in [0, 0.05) is 13.1 Å². The number of fused-ring (bicyclic) bond motifs is 2. The molecule has 2 N–H and O–H groups in total. The molecular formula is C12H17N3O3S. The molecule has 7 heteroatoms. The van der Waals surface area contributed by atoms with Crippen molar-refractivity contribution in [2.75, 3.05) is 30.3 Å². The molecule has 104 valence electrons. The Hall–Kier alpha value is -1.34. The molecule has 6 nitrogen and oxygen atoms in total. The first kappa shape index (κ1) is 12.7. The predicted molar refractivity (Wildman–Crippen MR) is 72.6 cm³/mol. The minimum Gasteiger partial charge on any atom is -0.462 e. The van der Waals surface area contributed by atoms with Gasteiger partial charge < -0.3 is 20.1 Å². The van der Waals surface area contributed by atoms with Crippen molar-refractivity contribution in [3.8, 4) is 0 Å². The number of hydrogen-bond donors (Lipinski definition) is 1. The van der Waals surface area contributed by atoms with Gasteiger partial charge in [-0.15, -0.1) is 0 Å². The number of esters is 1. The van der Waals surface area contributed by atoms with Crippen LogP contribution in [0.5, 0.6) is 0 Å². The van der Waals surface area contributed by atoms with Crippen molar-refractivity contribution in [2.24, 2.45) is 0 Å². The summed E-state index contributed by atoms with van der Waals surface area (Å²) in [4.78, 5) is 14.1. The van der Waals surface area contributed by atoms with Gasteiger partial charge in [0.05, 0.1) is 18.8 Å². The number of hydrogen-bond acceptors (Lipinski definition) is 7. The van der Waals surface area contributed by atoms with Crippen LogP contribution in [-0.2, 0) is 9.47 Å². The number of rotatable bonds is 3. The zero-order valence-electron chi connectivity index (χ0n) is 10.8. The highest BCUT2D eigenvalue weighted by Crippen LogP contribution is 2.36. The summed E-state index contributed by atoms with van der Waals surface area (Å²) in [6.45, 7) is 3.71. The molecule has 2 saturated heterocycles. The standard InChI is InChI=1S/C12H17N3O3S/c1-2-17-12(16)9-10(13)14-19-11(9)15-5-7-3-4-8(6-15)18-7/h7-8H,2-6H2,1H3,(H2,13,14). The minimum absolute atomic E-state index is 0.261. The summed E-state index contributed by atoms with van der Waals surface area (Å²) in [5.74, 6) is -0.125. The fraction of sp³-hybridized carbons (Fsp3) is 0.667. The number of carbonyl (C=O) groups is 1.